The fourth-order valence-corrected chi connectivity index (χ4v) is 1.75. The topological polar surface area (TPSA) is 75.4 Å². The zero-order valence-electron chi connectivity index (χ0n) is 10.2. The van der Waals surface area contributed by atoms with Crippen molar-refractivity contribution in [3.8, 4) is 0 Å². The maximum atomic E-state index is 10.7. The summed E-state index contributed by atoms with van der Waals surface area (Å²) in [7, 11) is 0. The highest BCUT2D eigenvalue weighted by Crippen LogP contribution is 2.20. The van der Waals surface area contributed by atoms with Gasteiger partial charge in [0.1, 0.15) is 6.26 Å². The molecule has 94 valence electrons. The van der Waals surface area contributed by atoms with Crippen LogP contribution in [0, 0.1) is 13.8 Å². The first-order valence-corrected chi connectivity index (χ1v) is 5.55. The van der Waals surface area contributed by atoms with Gasteiger partial charge in [0.25, 0.3) is 0 Å². The first-order chi connectivity index (χ1) is 8.58. The molecule has 0 radical (unpaired) electrons. The number of aromatic carboxylic acids is 1. The smallest absolute Gasteiger partial charge is 0.357 e. The molecule has 0 saturated heterocycles. The second-order valence-electron chi connectivity index (χ2n) is 4.05. The van der Waals surface area contributed by atoms with Crippen molar-refractivity contribution < 1.29 is 14.3 Å². The molecular formula is C13H14N2O3. The van der Waals surface area contributed by atoms with Gasteiger partial charge in [-0.15, -0.1) is 0 Å². The van der Waals surface area contributed by atoms with Gasteiger partial charge in [-0.2, -0.15) is 0 Å². The van der Waals surface area contributed by atoms with Crippen LogP contribution in [0.4, 0.5) is 5.69 Å². The number of carboxylic acids is 1. The standard InChI is InChI=1S/C13H14N2O3/c1-8-4-3-5-9(2)12(8)14-6-11-15-10(7-18-11)13(16)17/h3-5,7,14H,6H2,1-2H3,(H,16,17). The monoisotopic (exact) mass is 246 g/mol. The molecule has 0 aliphatic carbocycles. The number of aryl methyl sites for hydroxylation is 2. The highest BCUT2D eigenvalue weighted by Gasteiger charge is 2.10. The highest BCUT2D eigenvalue weighted by atomic mass is 16.4. The van der Waals surface area contributed by atoms with Crippen LogP contribution < -0.4 is 5.32 Å². The van der Waals surface area contributed by atoms with Gasteiger partial charge in [-0.05, 0) is 25.0 Å². The van der Waals surface area contributed by atoms with E-state index in [0.29, 0.717) is 12.4 Å². The van der Waals surface area contributed by atoms with Gasteiger partial charge in [0.05, 0.1) is 6.54 Å². The summed E-state index contributed by atoms with van der Waals surface area (Å²) in [6.07, 6.45) is 1.14. The highest BCUT2D eigenvalue weighted by molar-refractivity contribution is 5.84. The lowest BCUT2D eigenvalue weighted by atomic mass is 10.1. The zero-order chi connectivity index (χ0) is 13.1. The summed E-state index contributed by atoms with van der Waals surface area (Å²) >= 11 is 0. The molecule has 1 aromatic carbocycles. The van der Waals surface area contributed by atoms with E-state index in [-0.39, 0.29) is 5.69 Å². The summed E-state index contributed by atoms with van der Waals surface area (Å²) in [4.78, 5) is 14.5. The van der Waals surface area contributed by atoms with E-state index < -0.39 is 5.97 Å². The van der Waals surface area contributed by atoms with E-state index in [0.717, 1.165) is 23.1 Å². The molecule has 0 aliphatic heterocycles. The molecule has 0 spiro atoms. The predicted molar refractivity (Wildman–Crippen MR) is 66.7 cm³/mol. The third kappa shape index (κ3) is 2.51. The number of nitrogens with zero attached hydrogens (tertiary/aromatic N) is 1. The Kier molecular flexibility index (Phi) is 3.32. The van der Waals surface area contributed by atoms with Gasteiger partial charge in [0, 0.05) is 5.69 Å². The van der Waals surface area contributed by atoms with Crippen molar-refractivity contribution in [2.75, 3.05) is 5.32 Å². The summed E-state index contributed by atoms with van der Waals surface area (Å²) in [5.41, 5.74) is 3.20. The van der Waals surface area contributed by atoms with Gasteiger partial charge in [-0.3, -0.25) is 0 Å². The number of nitrogens with one attached hydrogen (secondary N) is 1. The van der Waals surface area contributed by atoms with Crippen LogP contribution in [0.1, 0.15) is 27.5 Å². The Hall–Kier alpha value is -2.30. The molecule has 5 nitrogen and oxygen atoms in total. The van der Waals surface area contributed by atoms with Gasteiger partial charge in [0.2, 0.25) is 5.89 Å². The van der Waals surface area contributed by atoms with Crippen molar-refractivity contribution in [2.45, 2.75) is 20.4 Å². The molecule has 2 aromatic rings. The molecule has 1 heterocycles. The number of oxazole rings is 1. The van der Waals surface area contributed by atoms with Crippen LogP contribution in [0.25, 0.3) is 0 Å². The summed E-state index contributed by atoms with van der Waals surface area (Å²) in [6, 6.07) is 6.00. The second-order valence-corrected chi connectivity index (χ2v) is 4.05. The van der Waals surface area contributed by atoms with E-state index in [1.165, 1.54) is 0 Å². The Labute approximate surface area is 104 Å². The third-order valence-electron chi connectivity index (χ3n) is 2.67. The molecule has 2 rings (SSSR count). The molecule has 5 heteroatoms. The van der Waals surface area contributed by atoms with Gasteiger partial charge in [-0.25, -0.2) is 9.78 Å². The summed E-state index contributed by atoms with van der Waals surface area (Å²) < 4.78 is 5.07. The average Bonchev–Trinajstić information content (AvgIpc) is 2.77. The van der Waals surface area contributed by atoms with Crippen LogP contribution >= 0.6 is 0 Å². The number of benzene rings is 1. The van der Waals surface area contributed by atoms with E-state index in [9.17, 15) is 4.79 Å². The maximum absolute atomic E-state index is 10.7. The molecule has 18 heavy (non-hydrogen) atoms. The molecule has 0 bridgehead atoms. The zero-order valence-corrected chi connectivity index (χ0v) is 10.2. The summed E-state index contributed by atoms with van der Waals surface area (Å²) in [5.74, 6) is -0.730. The molecule has 0 aliphatic rings. The Bertz CT molecular complexity index is 555. The molecule has 0 saturated carbocycles. The summed E-state index contributed by atoms with van der Waals surface area (Å²) in [6.45, 7) is 4.38. The molecule has 2 N–H and O–H groups in total. The first kappa shape index (κ1) is 12.2. The van der Waals surface area contributed by atoms with Crippen molar-refractivity contribution in [2.24, 2.45) is 0 Å². The van der Waals surface area contributed by atoms with E-state index in [1.807, 2.05) is 32.0 Å². The van der Waals surface area contributed by atoms with Crippen LogP contribution in [-0.4, -0.2) is 16.1 Å². The largest absolute Gasteiger partial charge is 0.476 e. The normalized spacial score (nSPS) is 10.3. The van der Waals surface area contributed by atoms with Crippen molar-refractivity contribution in [1.29, 1.82) is 0 Å². The van der Waals surface area contributed by atoms with Gasteiger partial charge < -0.3 is 14.8 Å². The van der Waals surface area contributed by atoms with Crippen LogP contribution in [-0.2, 0) is 6.54 Å². The lowest BCUT2D eigenvalue weighted by molar-refractivity contribution is 0.0690. The molecule has 0 atom stereocenters. The van der Waals surface area contributed by atoms with E-state index in [2.05, 4.69) is 10.3 Å². The lowest BCUT2D eigenvalue weighted by Crippen LogP contribution is -2.04. The number of rotatable bonds is 4. The van der Waals surface area contributed by atoms with Gasteiger partial charge in [-0.1, -0.05) is 18.2 Å². The molecule has 0 fully saturated rings. The van der Waals surface area contributed by atoms with Crippen molar-refractivity contribution in [3.63, 3.8) is 0 Å². The predicted octanol–water partition coefficient (Wildman–Crippen LogP) is 2.60. The van der Waals surface area contributed by atoms with Crippen LogP contribution in [0.2, 0.25) is 0 Å². The number of hydrogen-bond donors (Lipinski definition) is 2. The third-order valence-corrected chi connectivity index (χ3v) is 2.67. The van der Waals surface area contributed by atoms with Crippen molar-refractivity contribution in [3.05, 3.63) is 47.2 Å². The fourth-order valence-electron chi connectivity index (χ4n) is 1.75. The number of carbonyl (C=O) groups is 1. The first-order valence-electron chi connectivity index (χ1n) is 5.55. The molecule has 0 unspecified atom stereocenters. The lowest BCUT2D eigenvalue weighted by Gasteiger charge is -2.10. The fraction of sp³-hybridized carbons (Fsp3) is 0.231. The number of anilines is 1. The van der Waals surface area contributed by atoms with Gasteiger partial charge >= 0.3 is 5.97 Å². The Morgan fingerprint density at radius 2 is 2.06 bits per heavy atom. The SMILES string of the molecule is Cc1cccc(C)c1NCc1nc(C(=O)O)co1. The molecule has 0 amide bonds. The molecular weight excluding hydrogens is 232 g/mol. The van der Waals surface area contributed by atoms with Crippen LogP contribution in [0.3, 0.4) is 0 Å². The Balaban J connectivity index is 2.09. The number of hydrogen-bond acceptors (Lipinski definition) is 4. The van der Waals surface area contributed by atoms with E-state index >= 15 is 0 Å². The maximum Gasteiger partial charge on any atom is 0.357 e. The quantitative estimate of drug-likeness (QED) is 0.867. The van der Waals surface area contributed by atoms with E-state index in [4.69, 9.17) is 9.52 Å². The Morgan fingerprint density at radius 3 is 2.61 bits per heavy atom. The minimum Gasteiger partial charge on any atom is -0.476 e. The molecule has 1 aromatic heterocycles. The van der Waals surface area contributed by atoms with Gasteiger partial charge in [0.15, 0.2) is 5.69 Å². The number of aromatic nitrogens is 1. The number of carboxylic acid groups (broad SMARTS) is 1. The van der Waals surface area contributed by atoms with Crippen molar-refractivity contribution in [1.82, 2.24) is 4.98 Å². The minimum absolute atomic E-state index is 0.0756. The average molecular weight is 246 g/mol. The Morgan fingerprint density at radius 1 is 1.39 bits per heavy atom. The minimum atomic E-state index is -1.09. The van der Waals surface area contributed by atoms with Crippen LogP contribution in [0.15, 0.2) is 28.9 Å². The number of para-hydroxylation sites is 1. The summed E-state index contributed by atoms with van der Waals surface area (Å²) in [5, 5.41) is 11.9. The van der Waals surface area contributed by atoms with Crippen LogP contribution in [0.5, 0.6) is 0 Å². The second kappa shape index (κ2) is 4.91. The van der Waals surface area contributed by atoms with E-state index in [1.54, 1.807) is 0 Å². The van der Waals surface area contributed by atoms with Crippen molar-refractivity contribution >= 4 is 11.7 Å².